The van der Waals surface area contributed by atoms with Gasteiger partial charge in [0.05, 0.1) is 0 Å². The molecular formula is C9H15NO3S. The highest BCUT2D eigenvalue weighted by Gasteiger charge is 2.25. The van der Waals surface area contributed by atoms with E-state index in [-0.39, 0.29) is 18.1 Å². The Morgan fingerprint density at radius 3 is 2.79 bits per heavy atom. The molecule has 1 aliphatic heterocycles. The van der Waals surface area contributed by atoms with Gasteiger partial charge in [-0.3, -0.25) is 9.59 Å². The normalized spacial score (nSPS) is 24.2. The highest BCUT2D eigenvalue weighted by molar-refractivity contribution is 7.99. The summed E-state index contributed by atoms with van der Waals surface area (Å²) >= 11 is 1.76. The van der Waals surface area contributed by atoms with E-state index >= 15 is 0 Å². The van der Waals surface area contributed by atoms with Gasteiger partial charge in [-0.15, -0.1) is 0 Å². The quantitative estimate of drug-likeness (QED) is 0.716. The van der Waals surface area contributed by atoms with Crippen molar-refractivity contribution in [3.8, 4) is 0 Å². The average Bonchev–Trinajstić information content (AvgIpc) is 2.19. The number of carboxylic acids is 1. The Labute approximate surface area is 87.2 Å². The summed E-state index contributed by atoms with van der Waals surface area (Å²) in [6.07, 6.45) is 1.90. The molecule has 0 spiro atoms. The van der Waals surface area contributed by atoms with Crippen molar-refractivity contribution in [3.63, 3.8) is 0 Å². The van der Waals surface area contributed by atoms with Crippen LogP contribution in [0.25, 0.3) is 0 Å². The van der Waals surface area contributed by atoms with Crippen LogP contribution in [-0.4, -0.2) is 34.4 Å². The lowest BCUT2D eigenvalue weighted by molar-refractivity contribution is -0.140. The molecule has 0 amide bonds. The van der Waals surface area contributed by atoms with Crippen LogP contribution in [0.4, 0.5) is 0 Å². The molecule has 0 aromatic heterocycles. The number of nitrogens with two attached hydrogens (primary N) is 1. The largest absolute Gasteiger partial charge is 0.480 e. The molecule has 0 aromatic carbocycles. The van der Waals surface area contributed by atoms with E-state index < -0.39 is 12.0 Å². The standard InChI is InChI=1S/C9H15NO3S/c10-7(9(12)13)4-8(11)6-2-1-3-14-5-6/h6-7H,1-5,10H2,(H,12,13). The van der Waals surface area contributed by atoms with Crippen LogP contribution in [0, 0.1) is 5.92 Å². The average molecular weight is 217 g/mol. The maximum Gasteiger partial charge on any atom is 0.320 e. The zero-order valence-corrected chi connectivity index (χ0v) is 8.76. The predicted molar refractivity (Wildman–Crippen MR) is 55.3 cm³/mol. The van der Waals surface area contributed by atoms with E-state index in [0.29, 0.717) is 0 Å². The van der Waals surface area contributed by atoms with Crippen LogP contribution < -0.4 is 5.73 Å². The number of rotatable bonds is 4. The van der Waals surface area contributed by atoms with Crippen LogP contribution in [0.5, 0.6) is 0 Å². The second-order valence-electron chi connectivity index (χ2n) is 3.53. The van der Waals surface area contributed by atoms with E-state index in [2.05, 4.69) is 0 Å². The molecule has 1 saturated heterocycles. The number of aliphatic carboxylic acids is 1. The van der Waals surface area contributed by atoms with Gasteiger partial charge >= 0.3 is 5.97 Å². The molecule has 1 rings (SSSR count). The highest BCUT2D eigenvalue weighted by atomic mass is 32.2. The Kier molecular flexibility index (Phi) is 4.41. The molecule has 0 radical (unpaired) electrons. The summed E-state index contributed by atoms with van der Waals surface area (Å²) in [5, 5.41) is 8.55. The number of Topliss-reactive ketones (excluding diaryl/α,β-unsaturated/α-hetero) is 1. The summed E-state index contributed by atoms with van der Waals surface area (Å²) in [7, 11) is 0. The van der Waals surface area contributed by atoms with E-state index in [9.17, 15) is 9.59 Å². The molecule has 2 atom stereocenters. The lowest BCUT2D eigenvalue weighted by Crippen LogP contribution is -2.35. The molecule has 0 saturated carbocycles. The minimum absolute atomic E-state index is 0.00657. The first-order valence-electron chi connectivity index (χ1n) is 4.70. The van der Waals surface area contributed by atoms with Crippen LogP contribution in [0.2, 0.25) is 0 Å². The SMILES string of the molecule is NC(CC(=O)C1CCCSC1)C(=O)O. The Bertz CT molecular complexity index is 226. The van der Waals surface area contributed by atoms with E-state index in [0.717, 1.165) is 24.3 Å². The Morgan fingerprint density at radius 1 is 1.57 bits per heavy atom. The number of carbonyl (C=O) groups is 2. The van der Waals surface area contributed by atoms with Crippen molar-refractivity contribution in [2.75, 3.05) is 11.5 Å². The van der Waals surface area contributed by atoms with Crippen LogP contribution in [0.15, 0.2) is 0 Å². The smallest absolute Gasteiger partial charge is 0.320 e. The summed E-state index contributed by atoms with van der Waals surface area (Å²) in [5.41, 5.74) is 5.30. The fourth-order valence-corrected chi connectivity index (χ4v) is 2.64. The molecule has 14 heavy (non-hydrogen) atoms. The van der Waals surface area contributed by atoms with Crippen LogP contribution in [0.1, 0.15) is 19.3 Å². The Hall–Kier alpha value is -0.550. The van der Waals surface area contributed by atoms with Crippen LogP contribution in [0.3, 0.4) is 0 Å². The molecule has 2 unspecified atom stereocenters. The fourth-order valence-electron chi connectivity index (χ4n) is 1.47. The lowest BCUT2D eigenvalue weighted by Gasteiger charge is -2.20. The van der Waals surface area contributed by atoms with Gasteiger partial charge in [-0.05, 0) is 18.6 Å². The predicted octanol–water partition coefficient (Wildman–Crippen LogP) is 0.501. The maximum atomic E-state index is 11.6. The Balaban J connectivity index is 2.36. The third kappa shape index (κ3) is 3.31. The number of thioether (sulfide) groups is 1. The van der Waals surface area contributed by atoms with Crippen molar-refractivity contribution < 1.29 is 14.7 Å². The second kappa shape index (κ2) is 5.36. The van der Waals surface area contributed by atoms with Gasteiger partial charge in [-0.1, -0.05) is 0 Å². The summed E-state index contributed by atoms with van der Waals surface area (Å²) in [4.78, 5) is 22.0. The zero-order chi connectivity index (χ0) is 10.6. The van der Waals surface area contributed by atoms with Gasteiger partial charge in [0.25, 0.3) is 0 Å². The van der Waals surface area contributed by atoms with Crippen molar-refractivity contribution in [2.45, 2.75) is 25.3 Å². The number of carbonyl (C=O) groups excluding carboxylic acids is 1. The van der Waals surface area contributed by atoms with Gasteiger partial charge in [0.2, 0.25) is 0 Å². The number of hydrogen-bond donors (Lipinski definition) is 2. The molecule has 4 nitrogen and oxygen atoms in total. The van der Waals surface area contributed by atoms with Crippen molar-refractivity contribution in [3.05, 3.63) is 0 Å². The summed E-state index contributed by atoms with van der Waals surface area (Å²) in [6, 6.07) is -1.03. The molecule has 0 bridgehead atoms. The molecular weight excluding hydrogens is 202 g/mol. The third-order valence-electron chi connectivity index (χ3n) is 2.35. The van der Waals surface area contributed by atoms with Gasteiger partial charge in [0.1, 0.15) is 11.8 Å². The minimum Gasteiger partial charge on any atom is -0.480 e. The fraction of sp³-hybridized carbons (Fsp3) is 0.778. The van der Waals surface area contributed by atoms with E-state index in [4.69, 9.17) is 10.8 Å². The summed E-state index contributed by atoms with van der Waals surface area (Å²) < 4.78 is 0. The molecule has 0 aromatic rings. The highest BCUT2D eigenvalue weighted by Crippen LogP contribution is 2.24. The van der Waals surface area contributed by atoms with Crippen molar-refractivity contribution >= 4 is 23.5 Å². The lowest BCUT2D eigenvalue weighted by atomic mass is 9.95. The minimum atomic E-state index is -1.10. The van der Waals surface area contributed by atoms with Gasteiger partial charge in [-0.25, -0.2) is 0 Å². The molecule has 1 fully saturated rings. The molecule has 80 valence electrons. The van der Waals surface area contributed by atoms with Crippen LogP contribution in [-0.2, 0) is 9.59 Å². The summed E-state index contributed by atoms with van der Waals surface area (Å²) in [6.45, 7) is 0. The van der Waals surface area contributed by atoms with Gasteiger partial charge < -0.3 is 10.8 Å². The van der Waals surface area contributed by atoms with Crippen LogP contribution >= 0.6 is 11.8 Å². The van der Waals surface area contributed by atoms with E-state index in [1.165, 1.54) is 0 Å². The maximum absolute atomic E-state index is 11.6. The van der Waals surface area contributed by atoms with E-state index in [1.54, 1.807) is 11.8 Å². The van der Waals surface area contributed by atoms with E-state index in [1.807, 2.05) is 0 Å². The first kappa shape index (κ1) is 11.5. The van der Waals surface area contributed by atoms with Crippen molar-refractivity contribution in [1.82, 2.24) is 0 Å². The Morgan fingerprint density at radius 2 is 2.29 bits per heavy atom. The van der Waals surface area contributed by atoms with Gasteiger partial charge in [-0.2, -0.15) is 11.8 Å². The van der Waals surface area contributed by atoms with Crippen molar-refractivity contribution in [2.24, 2.45) is 11.7 Å². The van der Waals surface area contributed by atoms with Gasteiger partial charge in [0.15, 0.2) is 0 Å². The van der Waals surface area contributed by atoms with Gasteiger partial charge in [0, 0.05) is 18.1 Å². The topological polar surface area (TPSA) is 80.4 Å². The number of carboxylic acid groups (broad SMARTS) is 1. The first-order valence-corrected chi connectivity index (χ1v) is 5.85. The monoisotopic (exact) mass is 217 g/mol. The molecule has 1 heterocycles. The number of hydrogen-bond acceptors (Lipinski definition) is 4. The number of ketones is 1. The molecule has 1 aliphatic rings. The third-order valence-corrected chi connectivity index (χ3v) is 3.57. The molecule has 0 aliphatic carbocycles. The zero-order valence-electron chi connectivity index (χ0n) is 7.94. The first-order chi connectivity index (χ1) is 6.61. The molecule has 5 heteroatoms. The van der Waals surface area contributed by atoms with Crippen molar-refractivity contribution in [1.29, 1.82) is 0 Å². The summed E-state index contributed by atoms with van der Waals surface area (Å²) in [5.74, 6) is 0.869. The molecule has 3 N–H and O–H groups in total. The second-order valence-corrected chi connectivity index (χ2v) is 4.68.